The number of carboxylic acid groups (broad SMARTS) is 1. The number of rotatable bonds is 6. The number of carbonyl (C=O) groups excluding carboxylic acids is 1. The predicted octanol–water partition coefficient (Wildman–Crippen LogP) is -0.699. The molecule has 5 nitrogen and oxygen atoms in total. The number of carbonyl (C=O) groups is 2. The number of aliphatic carboxylic acids is 1. The van der Waals surface area contributed by atoms with Crippen LogP contribution in [0.25, 0.3) is 0 Å². The summed E-state index contributed by atoms with van der Waals surface area (Å²) in [6.45, 7) is -0.583. The summed E-state index contributed by atoms with van der Waals surface area (Å²) in [5, 5.41) is 19.2. The summed E-state index contributed by atoms with van der Waals surface area (Å²) in [5.74, 6) is -0.931. The quantitative estimate of drug-likeness (QED) is 0.536. The van der Waals surface area contributed by atoms with E-state index in [1.165, 1.54) is 11.8 Å². The first-order valence-electron chi connectivity index (χ1n) is 3.73. The van der Waals surface area contributed by atoms with Crippen molar-refractivity contribution in [2.45, 2.75) is 12.5 Å². The van der Waals surface area contributed by atoms with Crippen LogP contribution in [0.5, 0.6) is 0 Å². The zero-order valence-electron chi connectivity index (χ0n) is 7.32. The van der Waals surface area contributed by atoms with Gasteiger partial charge in [-0.25, -0.2) is 4.79 Å². The maximum atomic E-state index is 11.0. The van der Waals surface area contributed by atoms with E-state index in [1.54, 1.807) is 0 Å². The molecule has 13 heavy (non-hydrogen) atoms. The summed E-state index contributed by atoms with van der Waals surface area (Å²) in [6.07, 6.45) is 2.12. The molecule has 0 saturated heterocycles. The molecule has 0 bridgehead atoms. The van der Waals surface area contributed by atoms with E-state index in [0.717, 1.165) is 0 Å². The van der Waals surface area contributed by atoms with Gasteiger partial charge < -0.3 is 15.5 Å². The minimum absolute atomic E-state index is 0.269. The van der Waals surface area contributed by atoms with E-state index < -0.39 is 18.6 Å². The Kier molecular flexibility index (Phi) is 6.34. The number of hydrogen-bond donors (Lipinski definition) is 3. The van der Waals surface area contributed by atoms with Gasteiger partial charge in [0.05, 0.1) is 6.61 Å². The lowest BCUT2D eigenvalue weighted by molar-refractivity contribution is -0.142. The number of aliphatic hydroxyl groups is 1. The van der Waals surface area contributed by atoms with Gasteiger partial charge in [0.1, 0.15) is 6.04 Å². The number of thioether (sulfide) groups is 1. The van der Waals surface area contributed by atoms with Gasteiger partial charge in [-0.2, -0.15) is 11.8 Å². The molecule has 0 rings (SSSR count). The minimum atomic E-state index is -1.22. The SMILES string of the molecule is CSCCC(=O)N[C@@H](CO)C(=O)O. The average Bonchev–Trinajstić information content (AvgIpc) is 2.10. The number of carboxylic acids is 1. The van der Waals surface area contributed by atoms with E-state index in [9.17, 15) is 9.59 Å². The van der Waals surface area contributed by atoms with Crippen LogP contribution in [0, 0.1) is 0 Å². The van der Waals surface area contributed by atoms with E-state index in [4.69, 9.17) is 10.2 Å². The largest absolute Gasteiger partial charge is 0.480 e. The molecule has 0 spiro atoms. The molecule has 3 N–H and O–H groups in total. The molecule has 0 aromatic rings. The summed E-state index contributed by atoms with van der Waals surface area (Å²) in [7, 11) is 0. The highest BCUT2D eigenvalue weighted by atomic mass is 32.2. The van der Waals surface area contributed by atoms with Crippen LogP contribution < -0.4 is 5.32 Å². The van der Waals surface area contributed by atoms with Crippen molar-refractivity contribution in [1.29, 1.82) is 0 Å². The second kappa shape index (κ2) is 6.73. The van der Waals surface area contributed by atoms with E-state index in [-0.39, 0.29) is 12.3 Å². The van der Waals surface area contributed by atoms with E-state index in [1.807, 2.05) is 6.26 Å². The summed E-state index contributed by atoms with van der Waals surface area (Å²) in [4.78, 5) is 21.3. The van der Waals surface area contributed by atoms with Gasteiger partial charge in [-0.3, -0.25) is 4.79 Å². The van der Waals surface area contributed by atoms with Crippen molar-refractivity contribution in [3.05, 3.63) is 0 Å². The molecular formula is C7H13NO4S. The Labute approximate surface area is 80.5 Å². The second-order valence-corrected chi connectivity index (χ2v) is 3.37. The second-order valence-electron chi connectivity index (χ2n) is 2.38. The van der Waals surface area contributed by atoms with Gasteiger partial charge in [0.25, 0.3) is 0 Å². The summed E-state index contributed by atoms with van der Waals surface area (Å²) in [5.41, 5.74) is 0. The van der Waals surface area contributed by atoms with E-state index >= 15 is 0 Å². The molecule has 0 heterocycles. The Balaban J connectivity index is 3.80. The molecule has 0 unspecified atom stereocenters. The highest BCUT2D eigenvalue weighted by Crippen LogP contribution is 1.95. The minimum Gasteiger partial charge on any atom is -0.480 e. The first kappa shape index (κ1) is 12.2. The zero-order valence-corrected chi connectivity index (χ0v) is 8.13. The van der Waals surface area contributed by atoms with E-state index in [2.05, 4.69) is 5.32 Å². The van der Waals surface area contributed by atoms with Crippen LogP contribution in [0.2, 0.25) is 0 Å². The topological polar surface area (TPSA) is 86.6 Å². The fraction of sp³-hybridized carbons (Fsp3) is 0.714. The van der Waals surface area contributed by atoms with Crippen molar-refractivity contribution >= 4 is 23.6 Å². The third-order valence-electron chi connectivity index (χ3n) is 1.35. The smallest absolute Gasteiger partial charge is 0.328 e. The fourth-order valence-corrected chi connectivity index (χ4v) is 1.04. The third-order valence-corrected chi connectivity index (χ3v) is 1.96. The Morgan fingerprint density at radius 3 is 2.54 bits per heavy atom. The Hall–Kier alpha value is -0.750. The van der Waals surface area contributed by atoms with Gasteiger partial charge in [0.2, 0.25) is 5.91 Å². The van der Waals surface area contributed by atoms with E-state index in [0.29, 0.717) is 5.75 Å². The molecule has 0 aliphatic rings. The molecule has 6 heteroatoms. The van der Waals surface area contributed by atoms with Crippen molar-refractivity contribution < 1.29 is 19.8 Å². The highest BCUT2D eigenvalue weighted by molar-refractivity contribution is 7.98. The molecule has 76 valence electrons. The summed E-state index contributed by atoms with van der Waals surface area (Å²) in [6, 6.07) is -1.19. The lowest BCUT2D eigenvalue weighted by Crippen LogP contribution is -2.43. The van der Waals surface area contributed by atoms with Gasteiger partial charge in [0.15, 0.2) is 0 Å². The maximum absolute atomic E-state index is 11.0. The normalized spacial score (nSPS) is 12.2. The van der Waals surface area contributed by atoms with Gasteiger partial charge in [-0.15, -0.1) is 0 Å². The van der Waals surface area contributed by atoms with Crippen LogP contribution in [0.3, 0.4) is 0 Å². The predicted molar refractivity (Wildman–Crippen MR) is 49.7 cm³/mol. The van der Waals surface area contributed by atoms with Crippen LogP contribution in [-0.2, 0) is 9.59 Å². The van der Waals surface area contributed by atoms with Gasteiger partial charge in [0, 0.05) is 12.2 Å². The Morgan fingerprint density at radius 2 is 2.15 bits per heavy atom. The lowest BCUT2D eigenvalue weighted by atomic mass is 10.3. The highest BCUT2D eigenvalue weighted by Gasteiger charge is 2.17. The van der Waals surface area contributed by atoms with Gasteiger partial charge >= 0.3 is 5.97 Å². The standard InChI is InChI=1S/C7H13NO4S/c1-13-3-2-6(10)8-5(4-9)7(11)12/h5,9H,2-4H2,1H3,(H,8,10)(H,11,12)/t5-/m0/s1. The Bertz CT molecular complexity index is 185. The molecule has 0 fully saturated rings. The van der Waals surface area contributed by atoms with Crippen molar-refractivity contribution in [2.75, 3.05) is 18.6 Å². The molecule has 0 aromatic heterocycles. The summed E-state index contributed by atoms with van der Waals surface area (Å²) >= 11 is 1.50. The van der Waals surface area contributed by atoms with Crippen molar-refractivity contribution in [2.24, 2.45) is 0 Å². The van der Waals surface area contributed by atoms with Crippen LogP contribution in [0.15, 0.2) is 0 Å². The van der Waals surface area contributed by atoms with Crippen molar-refractivity contribution in [3.63, 3.8) is 0 Å². The first-order valence-corrected chi connectivity index (χ1v) is 5.13. The number of nitrogens with one attached hydrogen (secondary N) is 1. The van der Waals surface area contributed by atoms with Crippen LogP contribution >= 0.6 is 11.8 Å². The zero-order chi connectivity index (χ0) is 10.3. The Morgan fingerprint density at radius 1 is 1.54 bits per heavy atom. The maximum Gasteiger partial charge on any atom is 0.328 e. The lowest BCUT2D eigenvalue weighted by Gasteiger charge is -2.10. The van der Waals surface area contributed by atoms with Crippen molar-refractivity contribution in [1.82, 2.24) is 5.32 Å². The van der Waals surface area contributed by atoms with Gasteiger partial charge in [-0.1, -0.05) is 0 Å². The van der Waals surface area contributed by atoms with Gasteiger partial charge in [-0.05, 0) is 6.26 Å². The molecule has 0 saturated carbocycles. The molecule has 0 aliphatic carbocycles. The van der Waals surface area contributed by atoms with Crippen molar-refractivity contribution in [3.8, 4) is 0 Å². The third kappa shape index (κ3) is 5.48. The fourth-order valence-electron chi connectivity index (χ4n) is 0.647. The van der Waals surface area contributed by atoms with Crippen LogP contribution in [0.1, 0.15) is 6.42 Å². The molecular weight excluding hydrogens is 194 g/mol. The molecule has 1 atom stereocenters. The molecule has 0 aliphatic heterocycles. The van der Waals surface area contributed by atoms with Crippen LogP contribution in [-0.4, -0.2) is 46.7 Å². The first-order chi connectivity index (χ1) is 6.11. The average molecular weight is 207 g/mol. The number of hydrogen-bond acceptors (Lipinski definition) is 4. The molecule has 0 radical (unpaired) electrons. The summed E-state index contributed by atoms with van der Waals surface area (Å²) < 4.78 is 0. The molecule has 1 amide bonds. The number of aliphatic hydroxyl groups excluding tert-OH is 1. The van der Waals surface area contributed by atoms with Crippen LogP contribution in [0.4, 0.5) is 0 Å². The molecule has 0 aromatic carbocycles. The monoisotopic (exact) mass is 207 g/mol. The number of amides is 1.